The zero-order valence-corrected chi connectivity index (χ0v) is 13.1. The van der Waals surface area contributed by atoms with Gasteiger partial charge in [0, 0.05) is 0 Å². The summed E-state index contributed by atoms with van der Waals surface area (Å²) in [5.41, 5.74) is 5.74. The highest BCUT2D eigenvalue weighted by Gasteiger charge is 2.14. The summed E-state index contributed by atoms with van der Waals surface area (Å²) in [4.78, 5) is 0. The molecule has 2 rings (SSSR count). The Kier molecular flexibility index (Phi) is 3.89. The van der Waals surface area contributed by atoms with Gasteiger partial charge in [-0.25, -0.2) is 0 Å². The van der Waals surface area contributed by atoms with Crippen molar-refractivity contribution in [3.05, 3.63) is 53.1 Å². The molecule has 0 fully saturated rings. The monoisotopic (exact) mass is 268 g/mol. The maximum atomic E-state index is 10.2. The van der Waals surface area contributed by atoms with Crippen LogP contribution in [0.4, 0.5) is 0 Å². The predicted octanol–water partition coefficient (Wildman–Crippen LogP) is 5.23. The Balaban J connectivity index is 2.45. The van der Waals surface area contributed by atoms with Crippen LogP contribution < -0.4 is 0 Å². The smallest absolute Gasteiger partial charge is 0.122 e. The van der Waals surface area contributed by atoms with Crippen LogP contribution in [0, 0.1) is 6.92 Å². The van der Waals surface area contributed by atoms with E-state index in [2.05, 4.69) is 58.0 Å². The van der Waals surface area contributed by atoms with Gasteiger partial charge in [-0.1, -0.05) is 64.1 Å². The highest BCUT2D eigenvalue weighted by molar-refractivity contribution is 5.71. The maximum absolute atomic E-state index is 10.2. The lowest BCUT2D eigenvalue weighted by Gasteiger charge is -2.19. The SMILES string of the molecule is CCc1ccc(-c2ccc(C(C)(C)C)cc2)c(C)c1O. The average molecular weight is 268 g/mol. The second-order valence-electron chi connectivity index (χ2n) is 6.43. The van der Waals surface area contributed by atoms with Gasteiger partial charge in [0.15, 0.2) is 0 Å². The van der Waals surface area contributed by atoms with Gasteiger partial charge in [0.1, 0.15) is 5.75 Å². The normalized spacial score (nSPS) is 11.7. The molecule has 0 saturated heterocycles. The summed E-state index contributed by atoms with van der Waals surface area (Å²) < 4.78 is 0. The highest BCUT2D eigenvalue weighted by atomic mass is 16.3. The summed E-state index contributed by atoms with van der Waals surface area (Å²) in [5.74, 6) is 0.435. The molecule has 0 radical (unpaired) electrons. The first-order chi connectivity index (χ1) is 9.34. The van der Waals surface area contributed by atoms with Gasteiger partial charge in [-0.05, 0) is 46.6 Å². The molecule has 1 nitrogen and oxygen atoms in total. The third-order valence-corrected chi connectivity index (χ3v) is 3.96. The molecule has 0 atom stereocenters. The van der Waals surface area contributed by atoms with Crippen molar-refractivity contribution >= 4 is 0 Å². The fourth-order valence-electron chi connectivity index (χ4n) is 2.50. The Hall–Kier alpha value is -1.76. The van der Waals surface area contributed by atoms with E-state index < -0.39 is 0 Å². The van der Waals surface area contributed by atoms with E-state index in [1.807, 2.05) is 13.0 Å². The van der Waals surface area contributed by atoms with Crippen LogP contribution in [0.15, 0.2) is 36.4 Å². The Bertz CT molecular complexity index is 601. The van der Waals surface area contributed by atoms with Gasteiger partial charge in [0.25, 0.3) is 0 Å². The highest BCUT2D eigenvalue weighted by Crippen LogP contribution is 2.33. The van der Waals surface area contributed by atoms with Crippen molar-refractivity contribution in [2.75, 3.05) is 0 Å². The van der Waals surface area contributed by atoms with Crippen LogP contribution in [0.25, 0.3) is 11.1 Å². The first-order valence-corrected chi connectivity index (χ1v) is 7.27. The molecule has 0 aliphatic rings. The number of aryl methyl sites for hydroxylation is 1. The number of aromatic hydroxyl groups is 1. The molecule has 0 aliphatic carbocycles. The van der Waals surface area contributed by atoms with Crippen LogP contribution in [-0.2, 0) is 11.8 Å². The molecule has 0 saturated carbocycles. The summed E-state index contributed by atoms with van der Waals surface area (Å²) >= 11 is 0. The predicted molar refractivity (Wildman–Crippen MR) is 86.4 cm³/mol. The van der Waals surface area contributed by atoms with Crippen molar-refractivity contribution in [1.29, 1.82) is 0 Å². The number of rotatable bonds is 2. The van der Waals surface area contributed by atoms with Crippen LogP contribution in [0.5, 0.6) is 5.75 Å². The Morgan fingerprint density at radius 3 is 2.05 bits per heavy atom. The first-order valence-electron chi connectivity index (χ1n) is 7.27. The second kappa shape index (κ2) is 5.32. The van der Waals surface area contributed by atoms with Gasteiger partial charge in [-0.2, -0.15) is 0 Å². The first kappa shape index (κ1) is 14.6. The van der Waals surface area contributed by atoms with E-state index in [9.17, 15) is 5.11 Å². The number of phenols is 1. The van der Waals surface area contributed by atoms with E-state index in [-0.39, 0.29) is 5.41 Å². The van der Waals surface area contributed by atoms with Gasteiger partial charge < -0.3 is 5.11 Å². The quantitative estimate of drug-likeness (QED) is 0.791. The largest absolute Gasteiger partial charge is 0.507 e. The van der Waals surface area contributed by atoms with Crippen molar-refractivity contribution in [3.8, 4) is 16.9 Å². The molecule has 106 valence electrons. The maximum Gasteiger partial charge on any atom is 0.122 e. The topological polar surface area (TPSA) is 20.2 Å². The van der Waals surface area contributed by atoms with Crippen molar-refractivity contribution < 1.29 is 5.11 Å². The molecule has 1 N–H and O–H groups in total. The molecule has 0 aliphatic heterocycles. The lowest BCUT2D eigenvalue weighted by atomic mass is 9.86. The molecule has 0 spiro atoms. The number of benzene rings is 2. The molecule has 0 heterocycles. The fraction of sp³-hybridized carbons (Fsp3) is 0.368. The average Bonchev–Trinajstić information content (AvgIpc) is 2.41. The summed E-state index contributed by atoms with van der Waals surface area (Å²) in [6.45, 7) is 10.7. The van der Waals surface area contributed by atoms with E-state index in [4.69, 9.17) is 0 Å². The number of phenolic OH excluding ortho intramolecular Hbond substituents is 1. The minimum atomic E-state index is 0.168. The summed E-state index contributed by atoms with van der Waals surface area (Å²) in [6.07, 6.45) is 0.857. The molecule has 0 bridgehead atoms. The van der Waals surface area contributed by atoms with Crippen LogP contribution >= 0.6 is 0 Å². The molecular weight excluding hydrogens is 244 g/mol. The third kappa shape index (κ3) is 2.72. The van der Waals surface area contributed by atoms with Gasteiger partial charge in [0.2, 0.25) is 0 Å². The van der Waals surface area contributed by atoms with Crippen molar-refractivity contribution in [2.45, 2.75) is 46.5 Å². The standard InChI is InChI=1S/C19H24O/c1-6-14-9-12-17(13(2)18(14)20)15-7-10-16(11-8-15)19(3,4)5/h7-12,20H,6H2,1-5H3. The third-order valence-electron chi connectivity index (χ3n) is 3.96. The van der Waals surface area contributed by atoms with E-state index >= 15 is 0 Å². The Morgan fingerprint density at radius 1 is 0.950 bits per heavy atom. The van der Waals surface area contributed by atoms with E-state index in [0.29, 0.717) is 5.75 Å². The molecule has 0 unspecified atom stereocenters. The summed E-state index contributed by atoms with van der Waals surface area (Å²) in [6, 6.07) is 12.8. The Labute approximate surface area is 122 Å². The molecule has 2 aromatic carbocycles. The summed E-state index contributed by atoms with van der Waals surface area (Å²) in [7, 11) is 0. The lowest BCUT2D eigenvalue weighted by Crippen LogP contribution is -2.10. The van der Waals surface area contributed by atoms with Crippen molar-refractivity contribution in [1.82, 2.24) is 0 Å². The van der Waals surface area contributed by atoms with Crippen molar-refractivity contribution in [2.24, 2.45) is 0 Å². The minimum absolute atomic E-state index is 0.168. The zero-order valence-electron chi connectivity index (χ0n) is 13.1. The fourth-order valence-corrected chi connectivity index (χ4v) is 2.50. The van der Waals surface area contributed by atoms with Crippen LogP contribution in [-0.4, -0.2) is 5.11 Å². The summed E-state index contributed by atoms with van der Waals surface area (Å²) in [5, 5.41) is 10.2. The Morgan fingerprint density at radius 2 is 1.55 bits per heavy atom. The lowest BCUT2D eigenvalue weighted by molar-refractivity contribution is 0.465. The van der Waals surface area contributed by atoms with Gasteiger partial charge >= 0.3 is 0 Å². The van der Waals surface area contributed by atoms with E-state index in [1.165, 1.54) is 5.56 Å². The number of hydrogen-bond acceptors (Lipinski definition) is 1. The van der Waals surface area contributed by atoms with Crippen LogP contribution in [0.2, 0.25) is 0 Å². The van der Waals surface area contributed by atoms with Gasteiger partial charge in [-0.3, -0.25) is 0 Å². The minimum Gasteiger partial charge on any atom is -0.507 e. The molecule has 0 amide bonds. The van der Waals surface area contributed by atoms with Gasteiger partial charge in [-0.15, -0.1) is 0 Å². The van der Waals surface area contributed by atoms with E-state index in [0.717, 1.165) is 28.7 Å². The second-order valence-corrected chi connectivity index (χ2v) is 6.43. The molecular formula is C19H24O. The molecule has 1 heteroatoms. The zero-order chi connectivity index (χ0) is 14.9. The number of hydrogen-bond donors (Lipinski definition) is 1. The van der Waals surface area contributed by atoms with Crippen molar-refractivity contribution in [3.63, 3.8) is 0 Å². The van der Waals surface area contributed by atoms with Gasteiger partial charge in [0.05, 0.1) is 0 Å². The molecule has 2 aromatic rings. The van der Waals surface area contributed by atoms with Crippen LogP contribution in [0.3, 0.4) is 0 Å². The molecule has 20 heavy (non-hydrogen) atoms. The van der Waals surface area contributed by atoms with E-state index in [1.54, 1.807) is 0 Å². The molecule has 0 aromatic heterocycles. The van der Waals surface area contributed by atoms with Crippen LogP contribution in [0.1, 0.15) is 44.4 Å².